The Kier molecular flexibility index (Phi) is 5.39. The van der Waals surface area contributed by atoms with Crippen LogP contribution in [0, 0.1) is 0 Å². The van der Waals surface area contributed by atoms with Gasteiger partial charge >= 0.3 is 6.36 Å². The molecule has 0 spiro atoms. The third-order valence-electron chi connectivity index (χ3n) is 3.64. The summed E-state index contributed by atoms with van der Waals surface area (Å²) in [5, 5.41) is 6.73. The number of carbonyl (C=O) groups is 1. The van der Waals surface area contributed by atoms with Crippen molar-refractivity contribution in [2.24, 2.45) is 0 Å². The zero-order chi connectivity index (χ0) is 19.3. The van der Waals surface area contributed by atoms with Gasteiger partial charge in [0, 0.05) is 12.1 Å². The first kappa shape index (κ1) is 18.4. The molecule has 0 atom stereocenters. The van der Waals surface area contributed by atoms with Crippen molar-refractivity contribution >= 4 is 5.91 Å². The van der Waals surface area contributed by atoms with Crippen LogP contribution in [0.5, 0.6) is 5.75 Å². The summed E-state index contributed by atoms with van der Waals surface area (Å²) < 4.78 is 41.9. The van der Waals surface area contributed by atoms with Gasteiger partial charge in [-0.2, -0.15) is 5.10 Å². The van der Waals surface area contributed by atoms with Crippen LogP contribution < -0.4 is 10.1 Å². The van der Waals surface area contributed by atoms with E-state index in [-0.39, 0.29) is 18.2 Å². The van der Waals surface area contributed by atoms with E-state index in [1.165, 1.54) is 30.6 Å². The molecule has 0 bridgehead atoms. The molecule has 1 heterocycles. The predicted octanol–water partition coefficient (Wildman–Crippen LogP) is 3.16. The molecule has 2 aromatic carbocycles. The Labute approximate surface area is 152 Å². The first-order valence-electron chi connectivity index (χ1n) is 7.93. The van der Waals surface area contributed by atoms with E-state index in [1.807, 2.05) is 12.1 Å². The Morgan fingerprint density at radius 3 is 2.30 bits per heavy atom. The molecule has 0 aliphatic rings. The Balaban J connectivity index is 1.53. The van der Waals surface area contributed by atoms with E-state index in [9.17, 15) is 18.0 Å². The largest absolute Gasteiger partial charge is 0.573 e. The van der Waals surface area contributed by atoms with Crippen molar-refractivity contribution in [2.75, 3.05) is 0 Å². The number of carbonyl (C=O) groups excluding carboxylic acids is 1. The molecule has 27 heavy (non-hydrogen) atoms. The lowest BCUT2D eigenvalue weighted by Crippen LogP contribution is -2.22. The van der Waals surface area contributed by atoms with Gasteiger partial charge in [0.15, 0.2) is 0 Å². The Morgan fingerprint density at radius 1 is 1.04 bits per heavy atom. The Bertz CT molecular complexity index is 876. The highest BCUT2D eigenvalue weighted by molar-refractivity contribution is 5.94. The molecule has 140 valence electrons. The molecular weight excluding hydrogens is 361 g/mol. The fraction of sp³-hybridized carbons (Fsp3) is 0.167. The van der Waals surface area contributed by atoms with Crippen LogP contribution >= 0.6 is 0 Å². The van der Waals surface area contributed by atoms with Crippen molar-refractivity contribution < 1.29 is 22.7 Å². The summed E-state index contributed by atoms with van der Waals surface area (Å²) in [6, 6.07) is 12.4. The van der Waals surface area contributed by atoms with Crippen LogP contribution in [-0.4, -0.2) is 27.0 Å². The molecule has 1 amide bonds. The number of benzene rings is 2. The van der Waals surface area contributed by atoms with E-state index in [0.29, 0.717) is 17.7 Å². The summed E-state index contributed by atoms with van der Waals surface area (Å²) in [7, 11) is 0. The topological polar surface area (TPSA) is 69.0 Å². The lowest BCUT2D eigenvalue weighted by atomic mass is 10.1. The van der Waals surface area contributed by atoms with Gasteiger partial charge in [-0.05, 0) is 35.4 Å². The summed E-state index contributed by atoms with van der Waals surface area (Å²) >= 11 is 0. The maximum absolute atomic E-state index is 12.2. The van der Waals surface area contributed by atoms with Crippen LogP contribution in [-0.2, 0) is 13.1 Å². The van der Waals surface area contributed by atoms with Gasteiger partial charge in [0.2, 0.25) is 0 Å². The quantitative estimate of drug-likeness (QED) is 0.718. The monoisotopic (exact) mass is 376 g/mol. The molecule has 0 saturated heterocycles. The number of nitrogens with zero attached hydrogens (tertiary/aromatic N) is 3. The van der Waals surface area contributed by atoms with Crippen molar-refractivity contribution in [2.45, 2.75) is 19.5 Å². The first-order chi connectivity index (χ1) is 12.9. The first-order valence-corrected chi connectivity index (χ1v) is 7.93. The Hall–Kier alpha value is -3.36. The third-order valence-corrected chi connectivity index (χ3v) is 3.64. The third kappa shape index (κ3) is 5.56. The second-order valence-corrected chi connectivity index (χ2v) is 5.66. The molecule has 0 unspecified atom stereocenters. The number of halogens is 3. The van der Waals surface area contributed by atoms with Gasteiger partial charge in [-0.1, -0.05) is 24.3 Å². The molecule has 0 aliphatic heterocycles. The van der Waals surface area contributed by atoms with E-state index in [4.69, 9.17) is 0 Å². The summed E-state index contributed by atoms with van der Waals surface area (Å²) in [5.74, 6) is -0.585. The molecule has 0 radical (unpaired) electrons. The summed E-state index contributed by atoms with van der Waals surface area (Å²) in [4.78, 5) is 16.1. The highest BCUT2D eigenvalue weighted by Gasteiger charge is 2.30. The van der Waals surface area contributed by atoms with Gasteiger partial charge in [0.05, 0.1) is 6.54 Å². The van der Waals surface area contributed by atoms with Crippen molar-refractivity contribution in [3.63, 3.8) is 0 Å². The van der Waals surface area contributed by atoms with Crippen molar-refractivity contribution in [3.05, 3.63) is 77.9 Å². The van der Waals surface area contributed by atoms with Gasteiger partial charge in [-0.15, -0.1) is 13.2 Å². The highest BCUT2D eigenvalue weighted by atomic mass is 19.4. The molecule has 9 heteroatoms. The summed E-state index contributed by atoms with van der Waals surface area (Å²) in [6.07, 6.45) is -1.68. The molecule has 0 saturated carbocycles. The average molecular weight is 376 g/mol. The van der Waals surface area contributed by atoms with E-state index < -0.39 is 6.36 Å². The molecule has 3 aromatic rings. The van der Waals surface area contributed by atoms with Crippen LogP contribution in [0.1, 0.15) is 21.5 Å². The number of hydrogen-bond donors (Lipinski definition) is 1. The van der Waals surface area contributed by atoms with Gasteiger partial charge in [-0.3, -0.25) is 4.79 Å². The van der Waals surface area contributed by atoms with E-state index in [1.54, 1.807) is 23.1 Å². The lowest BCUT2D eigenvalue weighted by Gasteiger charge is -2.10. The molecule has 0 fully saturated rings. The van der Waals surface area contributed by atoms with E-state index in [2.05, 4.69) is 20.1 Å². The minimum Gasteiger partial charge on any atom is -0.406 e. The van der Waals surface area contributed by atoms with E-state index in [0.717, 1.165) is 5.56 Å². The molecule has 3 rings (SSSR count). The van der Waals surface area contributed by atoms with Crippen LogP contribution in [0.3, 0.4) is 0 Å². The summed E-state index contributed by atoms with van der Waals surface area (Å²) in [6.45, 7) is 0.736. The predicted molar refractivity (Wildman–Crippen MR) is 89.9 cm³/mol. The highest BCUT2D eigenvalue weighted by Crippen LogP contribution is 2.22. The van der Waals surface area contributed by atoms with Crippen LogP contribution in [0.4, 0.5) is 13.2 Å². The molecule has 1 aromatic heterocycles. The standard InChI is InChI=1S/C18H15F3N4O2/c19-18(20,21)27-16-7-3-13(4-8-16)9-23-17(26)15-5-1-14(2-6-15)10-25-12-22-11-24-25/h1-8,11-12H,9-10H2,(H,23,26). The molecule has 0 aliphatic carbocycles. The minimum absolute atomic E-state index is 0.186. The zero-order valence-corrected chi connectivity index (χ0v) is 14.0. The van der Waals surface area contributed by atoms with Gasteiger partial charge in [-0.25, -0.2) is 9.67 Å². The zero-order valence-electron chi connectivity index (χ0n) is 14.0. The van der Waals surface area contributed by atoms with Crippen LogP contribution in [0.25, 0.3) is 0 Å². The van der Waals surface area contributed by atoms with Crippen molar-refractivity contribution in [1.29, 1.82) is 0 Å². The number of rotatable bonds is 6. The average Bonchev–Trinajstić information content (AvgIpc) is 3.13. The normalized spacial score (nSPS) is 11.2. The number of amides is 1. The maximum Gasteiger partial charge on any atom is 0.573 e. The van der Waals surface area contributed by atoms with Gasteiger partial charge < -0.3 is 10.1 Å². The number of ether oxygens (including phenoxy) is 1. The van der Waals surface area contributed by atoms with Crippen molar-refractivity contribution in [1.82, 2.24) is 20.1 Å². The van der Waals surface area contributed by atoms with Crippen LogP contribution in [0.15, 0.2) is 61.2 Å². The van der Waals surface area contributed by atoms with Gasteiger partial charge in [0.1, 0.15) is 18.4 Å². The maximum atomic E-state index is 12.2. The number of aromatic nitrogens is 3. The van der Waals surface area contributed by atoms with Crippen LogP contribution in [0.2, 0.25) is 0 Å². The molecule has 6 nitrogen and oxygen atoms in total. The second-order valence-electron chi connectivity index (χ2n) is 5.66. The Morgan fingerprint density at radius 2 is 1.70 bits per heavy atom. The minimum atomic E-state index is -4.73. The fourth-order valence-corrected chi connectivity index (χ4v) is 2.36. The van der Waals surface area contributed by atoms with E-state index >= 15 is 0 Å². The fourth-order valence-electron chi connectivity index (χ4n) is 2.36. The smallest absolute Gasteiger partial charge is 0.406 e. The van der Waals surface area contributed by atoms with Gasteiger partial charge in [0.25, 0.3) is 5.91 Å². The number of nitrogens with one attached hydrogen (secondary N) is 1. The summed E-state index contributed by atoms with van der Waals surface area (Å²) in [5.41, 5.74) is 2.10. The number of hydrogen-bond acceptors (Lipinski definition) is 4. The van der Waals surface area contributed by atoms with Crippen molar-refractivity contribution in [3.8, 4) is 5.75 Å². The molecular formula is C18H15F3N4O2. The number of alkyl halides is 3. The molecule has 1 N–H and O–H groups in total. The second kappa shape index (κ2) is 7.90. The SMILES string of the molecule is O=C(NCc1ccc(OC(F)(F)F)cc1)c1ccc(Cn2cncn2)cc1. The lowest BCUT2D eigenvalue weighted by molar-refractivity contribution is -0.274.